The Morgan fingerprint density at radius 1 is 1.24 bits per heavy atom. The van der Waals surface area contributed by atoms with Crippen LogP contribution in [0, 0.1) is 18.3 Å². The molecule has 0 heterocycles. The van der Waals surface area contributed by atoms with Gasteiger partial charge in [-0.05, 0) is 42.3 Å². The van der Waals surface area contributed by atoms with Gasteiger partial charge in [-0.3, -0.25) is 4.72 Å². The van der Waals surface area contributed by atoms with Crippen LogP contribution >= 0.6 is 0 Å². The van der Waals surface area contributed by atoms with Crippen molar-refractivity contribution in [3.63, 3.8) is 0 Å². The number of hydrogen-bond donors (Lipinski definition) is 2. The normalized spacial score (nSPS) is 10.9. The second-order valence-corrected chi connectivity index (χ2v) is 6.25. The summed E-state index contributed by atoms with van der Waals surface area (Å²) < 4.78 is 27.4. The van der Waals surface area contributed by atoms with Crippen molar-refractivity contribution >= 4 is 15.7 Å². The lowest BCUT2D eigenvalue weighted by Crippen LogP contribution is -2.14. The molecule has 108 valence electrons. The smallest absolute Gasteiger partial charge is 0.262 e. The third-order valence-electron chi connectivity index (χ3n) is 3.02. The lowest BCUT2D eigenvalue weighted by molar-refractivity contribution is 0.600. The summed E-state index contributed by atoms with van der Waals surface area (Å²) in [5.74, 6) is 0. The quantitative estimate of drug-likeness (QED) is 0.904. The molecule has 2 aromatic carbocycles. The van der Waals surface area contributed by atoms with E-state index in [4.69, 9.17) is 11.0 Å². The first-order valence-corrected chi connectivity index (χ1v) is 7.77. The highest BCUT2D eigenvalue weighted by Crippen LogP contribution is 2.21. The Kier molecular flexibility index (Phi) is 4.26. The highest BCUT2D eigenvalue weighted by Gasteiger charge is 2.17. The summed E-state index contributed by atoms with van der Waals surface area (Å²) in [5.41, 5.74) is 7.70. The Morgan fingerprint density at radius 3 is 2.67 bits per heavy atom. The summed E-state index contributed by atoms with van der Waals surface area (Å²) in [7, 11) is -3.74. The van der Waals surface area contributed by atoms with Crippen LogP contribution < -0.4 is 10.5 Å². The average Bonchev–Trinajstić information content (AvgIpc) is 2.47. The maximum Gasteiger partial charge on any atom is 0.262 e. The molecule has 0 saturated heterocycles. The van der Waals surface area contributed by atoms with Gasteiger partial charge in [0.25, 0.3) is 10.0 Å². The Morgan fingerprint density at radius 2 is 2.00 bits per heavy atom. The Labute approximate surface area is 124 Å². The van der Waals surface area contributed by atoms with Gasteiger partial charge in [-0.1, -0.05) is 18.2 Å². The van der Waals surface area contributed by atoms with E-state index < -0.39 is 10.0 Å². The molecule has 6 heteroatoms. The largest absolute Gasteiger partial charge is 0.326 e. The molecule has 0 aliphatic heterocycles. The minimum Gasteiger partial charge on any atom is -0.326 e. The van der Waals surface area contributed by atoms with Crippen LogP contribution in [-0.4, -0.2) is 8.42 Å². The minimum absolute atomic E-state index is 0.0969. The summed E-state index contributed by atoms with van der Waals surface area (Å²) in [6, 6.07) is 13.4. The van der Waals surface area contributed by atoms with E-state index in [-0.39, 0.29) is 4.90 Å². The molecule has 2 aromatic rings. The molecule has 2 rings (SSSR count). The summed E-state index contributed by atoms with van der Waals surface area (Å²) >= 11 is 0. The van der Waals surface area contributed by atoms with Gasteiger partial charge in [0.2, 0.25) is 0 Å². The number of nitrogens with one attached hydrogen (secondary N) is 1. The number of aryl methyl sites for hydroxylation is 1. The number of nitriles is 1. The number of hydrogen-bond acceptors (Lipinski definition) is 4. The molecule has 0 aliphatic rings. The van der Waals surface area contributed by atoms with Crippen LogP contribution in [-0.2, 0) is 16.6 Å². The Balaban J connectivity index is 2.41. The molecule has 0 bridgehead atoms. The molecule has 0 fully saturated rings. The predicted octanol–water partition coefficient (Wildman–Crippen LogP) is 2.13. The van der Waals surface area contributed by atoms with E-state index in [1.165, 1.54) is 6.07 Å². The molecule has 0 amide bonds. The SMILES string of the molecule is Cc1ccc(C#N)cc1S(=O)(=O)Nc1cccc(CN)c1. The standard InChI is InChI=1S/C15H15N3O2S/c1-11-5-6-13(10-17)8-15(11)21(19,20)18-14-4-2-3-12(7-14)9-16/h2-8,18H,9,16H2,1H3. The summed E-state index contributed by atoms with van der Waals surface area (Å²) in [5, 5.41) is 8.90. The van der Waals surface area contributed by atoms with Crippen molar-refractivity contribution in [2.24, 2.45) is 5.73 Å². The average molecular weight is 301 g/mol. The lowest BCUT2D eigenvalue weighted by Gasteiger charge is -2.11. The van der Waals surface area contributed by atoms with E-state index in [1.807, 2.05) is 12.1 Å². The fraction of sp³-hybridized carbons (Fsp3) is 0.133. The van der Waals surface area contributed by atoms with Gasteiger partial charge in [-0.25, -0.2) is 8.42 Å². The fourth-order valence-corrected chi connectivity index (χ4v) is 3.25. The molecule has 0 atom stereocenters. The highest BCUT2D eigenvalue weighted by molar-refractivity contribution is 7.92. The van der Waals surface area contributed by atoms with Crippen molar-refractivity contribution in [1.82, 2.24) is 0 Å². The second-order valence-electron chi connectivity index (χ2n) is 4.60. The zero-order valence-corrected chi connectivity index (χ0v) is 12.3. The summed E-state index contributed by atoms with van der Waals surface area (Å²) in [6.07, 6.45) is 0. The Bertz CT molecular complexity index is 808. The van der Waals surface area contributed by atoms with E-state index in [1.54, 1.807) is 37.3 Å². The zero-order valence-electron chi connectivity index (χ0n) is 11.5. The van der Waals surface area contributed by atoms with Crippen molar-refractivity contribution < 1.29 is 8.42 Å². The van der Waals surface area contributed by atoms with E-state index in [9.17, 15) is 8.42 Å². The van der Waals surface area contributed by atoms with Crippen molar-refractivity contribution in [2.45, 2.75) is 18.4 Å². The van der Waals surface area contributed by atoms with Crippen LogP contribution in [0.25, 0.3) is 0 Å². The van der Waals surface area contributed by atoms with E-state index in [0.29, 0.717) is 23.4 Å². The third-order valence-corrected chi connectivity index (χ3v) is 4.54. The highest BCUT2D eigenvalue weighted by atomic mass is 32.2. The molecule has 5 nitrogen and oxygen atoms in total. The van der Waals surface area contributed by atoms with Crippen molar-refractivity contribution in [1.29, 1.82) is 5.26 Å². The predicted molar refractivity (Wildman–Crippen MR) is 81.0 cm³/mol. The number of rotatable bonds is 4. The Hall–Kier alpha value is -2.36. The number of nitrogens with zero attached hydrogens (tertiary/aromatic N) is 1. The fourth-order valence-electron chi connectivity index (χ4n) is 1.93. The van der Waals surface area contributed by atoms with Crippen molar-refractivity contribution in [3.8, 4) is 6.07 Å². The van der Waals surface area contributed by atoms with Crippen LogP contribution in [0.1, 0.15) is 16.7 Å². The van der Waals surface area contributed by atoms with Gasteiger partial charge in [-0.2, -0.15) is 5.26 Å². The van der Waals surface area contributed by atoms with Gasteiger partial charge in [0.15, 0.2) is 0 Å². The van der Waals surface area contributed by atoms with Crippen molar-refractivity contribution in [3.05, 3.63) is 59.2 Å². The van der Waals surface area contributed by atoms with E-state index >= 15 is 0 Å². The maximum absolute atomic E-state index is 12.4. The summed E-state index contributed by atoms with van der Waals surface area (Å²) in [6.45, 7) is 2.02. The first-order valence-electron chi connectivity index (χ1n) is 6.29. The first kappa shape index (κ1) is 15.0. The molecule has 0 spiro atoms. The van der Waals surface area contributed by atoms with Gasteiger partial charge in [0, 0.05) is 12.2 Å². The minimum atomic E-state index is -3.74. The molecule has 3 N–H and O–H groups in total. The number of sulfonamides is 1. The van der Waals surface area contributed by atoms with Crippen LogP contribution in [0.3, 0.4) is 0 Å². The molecule has 0 unspecified atom stereocenters. The van der Waals surface area contributed by atoms with Gasteiger partial charge in [0.05, 0.1) is 16.5 Å². The van der Waals surface area contributed by atoms with Gasteiger partial charge >= 0.3 is 0 Å². The molecule has 0 radical (unpaired) electrons. The van der Waals surface area contributed by atoms with Gasteiger partial charge < -0.3 is 5.73 Å². The molecular formula is C15H15N3O2S. The van der Waals surface area contributed by atoms with Crippen LogP contribution in [0.4, 0.5) is 5.69 Å². The van der Waals surface area contributed by atoms with Crippen LogP contribution in [0.2, 0.25) is 0 Å². The number of benzene rings is 2. The first-order chi connectivity index (χ1) is 9.96. The molecule has 21 heavy (non-hydrogen) atoms. The number of anilines is 1. The lowest BCUT2D eigenvalue weighted by atomic mass is 10.2. The van der Waals surface area contributed by atoms with Crippen molar-refractivity contribution in [2.75, 3.05) is 4.72 Å². The third kappa shape index (κ3) is 3.40. The van der Waals surface area contributed by atoms with E-state index in [2.05, 4.69) is 4.72 Å². The molecule has 0 saturated carbocycles. The molecular weight excluding hydrogens is 286 g/mol. The van der Waals surface area contributed by atoms with Gasteiger partial charge in [0.1, 0.15) is 0 Å². The zero-order chi connectivity index (χ0) is 15.5. The number of nitrogens with two attached hydrogens (primary N) is 1. The monoisotopic (exact) mass is 301 g/mol. The van der Waals surface area contributed by atoms with Gasteiger partial charge in [-0.15, -0.1) is 0 Å². The van der Waals surface area contributed by atoms with E-state index in [0.717, 1.165) is 5.56 Å². The molecule has 0 aliphatic carbocycles. The second kappa shape index (κ2) is 5.95. The van der Waals surface area contributed by atoms with Crippen LogP contribution in [0.15, 0.2) is 47.4 Å². The van der Waals surface area contributed by atoms with Crippen LogP contribution in [0.5, 0.6) is 0 Å². The topological polar surface area (TPSA) is 96.0 Å². The maximum atomic E-state index is 12.4. The molecule has 0 aromatic heterocycles. The summed E-state index contributed by atoms with van der Waals surface area (Å²) in [4.78, 5) is 0.0969.